The van der Waals surface area contributed by atoms with Gasteiger partial charge in [-0.1, -0.05) is 18.1 Å². The van der Waals surface area contributed by atoms with Crippen molar-refractivity contribution in [1.82, 2.24) is 20.5 Å². The molecule has 162 valence electrons. The fourth-order valence-corrected chi connectivity index (χ4v) is 3.59. The first-order valence-electron chi connectivity index (χ1n) is 9.70. The van der Waals surface area contributed by atoms with Gasteiger partial charge in [0.25, 0.3) is 11.8 Å². The first-order chi connectivity index (χ1) is 15.3. The Hall–Kier alpha value is -4.13. The number of halogens is 2. The Labute approximate surface area is 181 Å². The van der Waals surface area contributed by atoms with Crippen LogP contribution in [0, 0.1) is 23.7 Å². The van der Waals surface area contributed by atoms with Crippen LogP contribution in [0.1, 0.15) is 39.9 Å². The average molecular weight is 438 g/mol. The number of carbonyl (C=O) groups is 4. The molecule has 4 rings (SSSR count). The van der Waals surface area contributed by atoms with Crippen molar-refractivity contribution in [3.63, 3.8) is 0 Å². The lowest BCUT2D eigenvalue weighted by Gasteiger charge is -2.29. The number of nitrogens with zero attached hydrogens (tertiary/aromatic N) is 2. The third-order valence-electron chi connectivity index (χ3n) is 5.17. The minimum absolute atomic E-state index is 0.109. The van der Waals surface area contributed by atoms with Crippen LogP contribution in [0.3, 0.4) is 0 Å². The highest BCUT2D eigenvalue weighted by Crippen LogP contribution is 2.28. The lowest BCUT2D eigenvalue weighted by atomic mass is 10.0. The van der Waals surface area contributed by atoms with Crippen molar-refractivity contribution in [1.29, 1.82) is 0 Å². The summed E-state index contributed by atoms with van der Waals surface area (Å²) in [7, 11) is 0. The highest BCUT2D eigenvalue weighted by molar-refractivity contribution is 6.05. The summed E-state index contributed by atoms with van der Waals surface area (Å²) < 4.78 is 26.3. The second-order valence-corrected chi connectivity index (χ2v) is 7.30. The van der Waals surface area contributed by atoms with Gasteiger partial charge in [-0.25, -0.2) is 0 Å². The molecule has 0 bridgehead atoms. The number of hydrogen-bond acceptors (Lipinski definition) is 5. The van der Waals surface area contributed by atoms with E-state index in [0.717, 1.165) is 12.1 Å². The topological polar surface area (TPSA) is 108 Å². The molecule has 1 aromatic carbocycles. The molecule has 2 aliphatic heterocycles. The van der Waals surface area contributed by atoms with E-state index >= 15 is 0 Å². The predicted octanol–water partition coefficient (Wildman–Crippen LogP) is 0.789. The van der Waals surface area contributed by atoms with Gasteiger partial charge in [0.15, 0.2) is 0 Å². The van der Waals surface area contributed by atoms with Crippen molar-refractivity contribution in [3.05, 3.63) is 64.5 Å². The molecule has 10 heteroatoms. The molecule has 1 fully saturated rings. The number of aromatic nitrogens is 1. The summed E-state index contributed by atoms with van der Waals surface area (Å²) in [6.07, 6.45) is 0.447. The minimum Gasteiger partial charge on any atom is -0.341 e. The van der Waals surface area contributed by atoms with Gasteiger partial charge in [-0.15, -0.1) is 0 Å². The Bertz CT molecular complexity index is 1220. The maximum atomic E-state index is 13.5. The van der Waals surface area contributed by atoms with Gasteiger partial charge >= 0.3 is 0 Å². The number of carbonyl (C=O) groups excluding carboxylic acids is 4. The Morgan fingerprint density at radius 3 is 2.78 bits per heavy atom. The summed E-state index contributed by atoms with van der Waals surface area (Å²) in [6.45, 7) is 0.330. The van der Waals surface area contributed by atoms with E-state index in [2.05, 4.69) is 27.5 Å². The normalized spacial score (nSPS) is 17.4. The number of imide groups is 1. The Morgan fingerprint density at radius 1 is 1.22 bits per heavy atom. The van der Waals surface area contributed by atoms with Crippen LogP contribution in [0.4, 0.5) is 8.78 Å². The summed E-state index contributed by atoms with van der Waals surface area (Å²) in [6, 6.07) is 6.36. The van der Waals surface area contributed by atoms with Crippen LogP contribution >= 0.6 is 0 Å². The Morgan fingerprint density at radius 2 is 2.03 bits per heavy atom. The third kappa shape index (κ3) is 4.32. The summed E-state index contributed by atoms with van der Waals surface area (Å²) >= 11 is 0. The molecule has 1 saturated heterocycles. The van der Waals surface area contributed by atoms with Gasteiger partial charge in [-0.05, 0) is 35.7 Å². The van der Waals surface area contributed by atoms with Gasteiger partial charge in [-0.2, -0.15) is 13.8 Å². The van der Waals surface area contributed by atoms with Crippen molar-refractivity contribution in [3.8, 4) is 11.8 Å². The number of fused-ring (bicyclic) bond motifs is 1. The molecule has 0 aliphatic carbocycles. The number of rotatable bonds is 3. The van der Waals surface area contributed by atoms with Crippen molar-refractivity contribution >= 4 is 23.6 Å². The van der Waals surface area contributed by atoms with E-state index in [1.165, 1.54) is 4.90 Å². The number of nitrogens with one attached hydrogen (secondary N) is 2. The van der Waals surface area contributed by atoms with E-state index in [1.807, 2.05) is 0 Å². The van der Waals surface area contributed by atoms with Crippen molar-refractivity contribution < 1.29 is 28.0 Å². The fourth-order valence-electron chi connectivity index (χ4n) is 3.59. The molecule has 8 nitrogen and oxygen atoms in total. The summed E-state index contributed by atoms with van der Waals surface area (Å²) in [5.41, 5.74) is 1.67. The van der Waals surface area contributed by atoms with Gasteiger partial charge in [-0.3, -0.25) is 24.5 Å². The molecule has 0 saturated carbocycles. The maximum Gasteiger partial charge on any atom is 0.296 e. The van der Waals surface area contributed by atoms with Crippen LogP contribution < -0.4 is 10.6 Å². The molecule has 2 aliphatic rings. The molecule has 1 atom stereocenters. The first-order valence-corrected chi connectivity index (χ1v) is 9.70. The van der Waals surface area contributed by atoms with Crippen molar-refractivity contribution in [2.45, 2.75) is 32.0 Å². The van der Waals surface area contributed by atoms with Gasteiger partial charge < -0.3 is 10.2 Å². The summed E-state index contributed by atoms with van der Waals surface area (Å²) in [5.74, 6) is 0.625. The number of benzene rings is 1. The van der Waals surface area contributed by atoms with E-state index in [1.54, 1.807) is 18.2 Å². The zero-order chi connectivity index (χ0) is 22.8. The zero-order valence-electron chi connectivity index (χ0n) is 16.6. The van der Waals surface area contributed by atoms with Crippen LogP contribution in [-0.4, -0.2) is 39.6 Å². The van der Waals surface area contributed by atoms with E-state index in [9.17, 15) is 28.0 Å². The molecule has 3 heterocycles. The molecular formula is C22H16F2N4O4. The second-order valence-electron chi connectivity index (χ2n) is 7.30. The fraction of sp³-hybridized carbons (Fsp3) is 0.227. The molecule has 2 aromatic rings. The van der Waals surface area contributed by atoms with E-state index in [0.29, 0.717) is 16.7 Å². The molecule has 1 unspecified atom stereocenters. The Balaban J connectivity index is 1.39. The second kappa shape index (κ2) is 8.55. The van der Waals surface area contributed by atoms with E-state index in [-0.39, 0.29) is 43.3 Å². The van der Waals surface area contributed by atoms with Gasteiger partial charge in [0, 0.05) is 31.0 Å². The van der Waals surface area contributed by atoms with Crippen LogP contribution in [0.15, 0.2) is 30.3 Å². The lowest BCUT2D eigenvalue weighted by Crippen LogP contribution is -2.52. The highest BCUT2D eigenvalue weighted by atomic mass is 19.1. The smallest absolute Gasteiger partial charge is 0.296 e. The first kappa shape index (κ1) is 21.1. The SMILES string of the molecule is O=C(C#Cc1ccc(F)nc1F)NCc1ccc2c(c1)CN(C1CCC(=O)NC1=O)C2=O. The quantitative estimate of drug-likeness (QED) is 0.419. The third-order valence-corrected chi connectivity index (χ3v) is 5.17. The molecular weight excluding hydrogens is 422 g/mol. The molecule has 0 spiro atoms. The molecule has 2 N–H and O–H groups in total. The van der Waals surface area contributed by atoms with E-state index < -0.39 is 29.8 Å². The summed E-state index contributed by atoms with van der Waals surface area (Å²) in [5, 5.41) is 4.81. The van der Waals surface area contributed by atoms with Crippen LogP contribution in [-0.2, 0) is 27.5 Å². The lowest BCUT2D eigenvalue weighted by molar-refractivity contribution is -0.137. The van der Waals surface area contributed by atoms with Crippen LogP contribution in [0.5, 0.6) is 0 Å². The zero-order valence-corrected chi connectivity index (χ0v) is 16.6. The summed E-state index contributed by atoms with van der Waals surface area (Å²) in [4.78, 5) is 52.5. The van der Waals surface area contributed by atoms with Crippen molar-refractivity contribution in [2.75, 3.05) is 0 Å². The van der Waals surface area contributed by atoms with Crippen LogP contribution in [0.25, 0.3) is 0 Å². The molecule has 32 heavy (non-hydrogen) atoms. The average Bonchev–Trinajstić information content (AvgIpc) is 3.07. The minimum atomic E-state index is -1.10. The number of amides is 4. The molecule has 0 radical (unpaired) electrons. The standard InChI is InChI=1S/C22H16F2N4O4/c23-17-6-2-13(20(24)26-17)3-7-18(29)25-10-12-1-4-15-14(9-12)11-28(22(15)32)16-5-8-19(30)27-21(16)31/h1-2,4,6,9,16H,5,8,10-11H2,(H,25,29)(H,27,30,31). The maximum absolute atomic E-state index is 13.5. The van der Waals surface area contributed by atoms with E-state index in [4.69, 9.17) is 0 Å². The number of piperidine rings is 1. The van der Waals surface area contributed by atoms with Crippen molar-refractivity contribution in [2.24, 2.45) is 0 Å². The van der Waals surface area contributed by atoms with Gasteiger partial charge in [0.05, 0.1) is 5.56 Å². The predicted molar refractivity (Wildman–Crippen MR) is 105 cm³/mol. The van der Waals surface area contributed by atoms with Crippen LogP contribution in [0.2, 0.25) is 0 Å². The highest BCUT2D eigenvalue weighted by Gasteiger charge is 2.39. The largest absolute Gasteiger partial charge is 0.341 e. The van der Waals surface area contributed by atoms with Gasteiger partial charge in [0.1, 0.15) is 6.04 Å². The monoisotopic (exact) mass is 438 g/mol. The number of pyridine rings is 1. The molecule has 4 amide bonds. The van der Waals surface area contributed by atoms with Gasteiger partial charge in [0.2, 0.25) is 23.7 Å². The Kier molecular flexibility index (Phi) is 5.64. The molecule has 1 aromatic heterocycles. The number of hydrogen-bond donors (Lipinski definition) is 2.